The van der Waals surface area contributed by atoms with E-state index in [1.54, 1.807) is 24.3 Å². The lowest BCUT2D eigenvalue weighted by atomic mass is 10.2. The third kappa shape index (κ3) is 2.98. The third-order valence-corrected chi connectivity index (χ3v) is 3.95. The molecule has 0 saturated carbocycles. The molecule has 26 heavy (non-hydrogen) atoms. The number of H-pyrrole nitrogens is 1. The van der Waals surface area contributed by atoms with E-state index in [-0.39, 0.29) is 17.2 Å². The highest BCUT2D eigenvalue weighted by atomic mass is 19.1. The maximum absolute atomic E-state index is 13.2. The molecule has 128 valence electrons. The molecule has 0 radical (unpaired) electrons. The molecule has 0 aliphatic heterocycles. The minimum absolute atomic E-state index is 0.183. The number of benzene rings is 2. The summed E-state index contributed by atoms with van der Waals surface area (Å²) in [7, 11) is 0. The van der Waals surface area contributed by atoms with E-state index in [0.29, 0.717) is 16.4 Å². The Labute approximate surface area is 147 Å². The van der Waals surface area contributed by atoms with Gasteiger partial charge in [-0.2, -0.15) is 0 Å². The maximum Gasteiger partial charge on any atom is 0.288 e. The number of nitrogens with zero attached hydrogens (tertiary/aromatic N) is 1. The van der Waals surface area contributed by atoms with E-state index in [1.165, 1.54) is 18.2 Å². The number of halogens is 1. The molecule has 0 saturated heterocycles. The zero-order valence-electron chi connectivity index (χ0n) is 13.4. The second kappa shape index (κ2) is 6.29. The van der Waals surface area contributed by atoms with Crippen molar-refractivity contribution < 1.29 is 14.0 Å². The Kier molecular flexibility index (Phi) is 3.81. The first-order valence-electron chi connectivity index (χ1n) is 7.85. The largest absolute Gasteiger partial charge is 0.350 e. The van der Waals surface area contributed by atoms with Crippen LogP contribution in [0.4, 0.5) is 4.39 Å². The molecule has 0 unspecified atom stereocenters. The van der Waals surface area contributed by atoms with Crippen LogP contribution in [0.5, 0.6) is 0 Å². The van der Waals surface area contributed by atoms with E-state index < -0.39 is 11.8 Å². The lowest BCUT2D eigenvalue weighted by molar-refractivity contribution is 0.0842. The Bertz CT molecular complexity index is 1150. The summed E-state index contributed by atoms with van der Waals surface area (Å²) in [5, 5.41) is 1.48. The van der Waals surface area contributed by atoms with Crippen LogP contribution < -0.4 is 10.9 Å². The smallest absolute Gasteiger partial charge is 0.288 e. The predicted molar refractivity (Wildman–Crippen MR) is 94.9 cm³/mol. The van der Waals surface area contributed by atoms with Crippen LogP contribution in [0.15, 0.2) is 60.7 Å². The number of carbonyl (C=O) groups excluding carboxylic acids is 2. The molecule has 3 N–H and O–H groups in total. The Morgan fingerprint density at radius 3 is 2.58 bits per heavy atom. The molecular formula is C19H13FN4O2. The number of rotatable bonds is 2. The highest BCUT2D eigenvalue weighted by Crippen LogP contribution is 2.16. The maximum atomic E-state index is 13.2. The van der Waals surface area contributed by atoms with Gasteiger partial charge in [0.05, 0.1) is 5.52 Å². The summed E-state index contributed by atoms with van der Waals surface area (Å²) in [6.45, 7) is 0. The van der Waals surface area contributed by atoms with Crippen molar-refractivity contribution in [3.05, 3.63) is 77.9 Å². The molecule has 6 nitrogen and oxygen atoms in total. The summed E-state index contributed by atoms with van der Waals surface area (Å²) < 4.78 is 13.2. The van der Waals surface area contributed by atoms with E-state index in [9.17, 15) is 14.0 Å². The van der Waals surface area contributed by atoms with Crippen molar-refractivity contribution in [2.75, 3.05) is 0 Å². The van der Waals surface area contributed by atoms with Gasteiger partial charge < -0.3 is 4.98 Å². The molecule has 0 fully saturated rings. The molecule has 4 rings (SSSR count). The summed E-state index contributed by atoms with van der Waals surface area (Å²) >= 11 is 0. The van der Waals surface area contributed by atoms with Gasteiger partial charge in [-0.3, -0.25) is 20.4 Å². The molecule has 2 aromatic heterocycles. The number of pyridine rings is 1. The number of carbonyl (C=O) groups is 2. The van der Waals surface area contributed by atoms with Gasteiger partial charge in [-0.15, -0.1) is 0 Å². The number of hydrogen-bond donors (Lipinski definition) is 3. The minimum atomic E-state index is -0.546. The summed E-state index contributed by atoms with van der Waals surface area (Å²) in [6, 6.07) is 16.4. The molecule has 2 heterocycles. The van der Waals surface area contributed by atoms with Crippen LogP contribution in [-0.4, -0.2) is 21.8 Å². The number of hydrogen-bond acceptors (Lipinski definition) is 3. The van der Waals surface area contributed by atoms with Crippen molar-refractivity contribution >= 4 is 33.6 Å². The van der Waals surface area contributed by atoms with Gasteiger partial charge in [0, 0.05) is 16.3 Å². The molecule has 7 heteroatoms. The molecule has 2 amide bonds. The predicted octanol–water partition coefficient (Wildman–Crippen LogP) is 2.93. The van der Waals surface area contributed by atoms with E-state index >= 15 is 0 Å². The Morgan fingerprint density at radius 1 is 0.885 bits per heavy atom. The van der Waals surface area contributed by atoms with Gasteiger partial charge in [0.1, 0.15) is 17.2 Å². The SMILES string of the molecule is O=C(NNC(=O)c1cc2cc(F)ccc2[nH]1)c1ccc2ccccc2n1. The Balaban J connectivity index is 1.47. The number of amides is 2. The Hall–Kier alpha value is -3.74. The number of nitrogens with one attached hydrogen (secondary N) is 3. The molecule has 0 aliphatic carbocycles. The zero-order valence-corrected chi connectivity index (χ0v) is 13.4. The van der Waals surface area contributed by atoms with E-state index in [0.717, 1.165) is 5.39 Å². The van der Waals surface area contributed by atoms with Gasteiger partial charge in [0.15, 0.2) is 0 Å². The van der Waals surface area contributed by atoms with Crippen molar-refractivity contribution in [2.24, 2.45) is 0 Å². The average molecular weight is 348 g/mol. The van der Waals surface area contributed by atoms with Gasteiger partial charge in [-0.05, 0) is 36.4 Å². The van der Waals surface area contributed by atoms with Crippen LogP contribution in [0.25, 0.3) is 21.8 Å². The highest BCUT2D eigenvalue weighted by molar-refractivity contribution is 6.00. The quantitative estimate of drug-likeness (QED) is 0.487. The lowest BCUT2D eigenvalue weighted by Gasteiger charge is -2.06. The van der Waals surface area contributed by atoms with Crippen molar-refractivity contribution in [1.29, 1.82) is 0 Å². The van der Waals surface area contributed by atoms with Gasteiger partial charge in [0.25, 0.3) is 11.8 Å². The zero-order chi connectivity index (χ0) is 18.1. The summed E-state index contributed by atoms with van der Waals surface area (Å²) in [4.78, 5) is 31.5. The normalized spacial score (nSPS) is 10.8. The lowest BCUT2D eigenvalue weighted by Crippen LogP contribution is -2.42. The van der Waals surface area contributed by atoms with Crippen molar-refractivity contribution in [3.63, 3.8) is 0 Å². The first-order valence-corrected chi connectivity index (χ1v) is 7.85. The fourth-order valence-corrected chi connectivity index (χ4v) is 2.66. The van der Waals surface area contributed by atoms with Gasteiger partial charge in [-0.25, -0.2) is 9.37 Å². The van der Waals surface area contributed by atoms with Crippen LogP contribution in [0.1, 0.15) is 21.0 Å². The first-order chi connectivity index (χ1) is 12.6. The second-order valence-corrected chi connectivity index (χ2v) is 5.71. The van der Waals surface area contributed by atoms with Crippen molar-refractivity contribution in [2.45, 2.75) is 0 Å². The van der Waals surface area contributed by atoms with Gasteiger partial charge in [0.2, 0.25) is 0 Å². The van der Waals surface area contributed by atoms with Crippen molar-refractivity contribution in [3.8, 4) is 0 Å². The molecule has 2 aromatic carbocycles. The van der Waals surface area contributed by atoms with E-state index in [2.05, 4.69) is 20.8 Å². The fourth-order valence-electron chi connectivity index (χ4n) is 2.66. The highest BCUT2D eigenvalue weighted by Gasteiger charge is 2.13. The number of aromatic amines is 1. The first kappa shape index (κ1) is 15.8. The summed E-state index contributed by atoms with van der Waals surface area (Å²) in [5.74, 6) is -1.47. The molecule has 0 bridgehead atoms. The minimum Gasteiger partial charge on any atom is -0.350 e. The average Bonchev–Trinajstić information content (AvgIpc) is 3.08. The number of fused-ring (bicyclic) bond motifs is 2. The molecule has 0 aliphatic rings. The molecular weight excluding hydrogens is 335 g/mol. The number of para-hydroxylation sites is 1. The number of hydrazine groups is 1. The number of aromatic nitrogens is 2. The monoisotopic (exact) mass is 348 g/mol. The fraction of sp³-hybridized carbons (Fsp3) is 0. The Morgan fingerprint density at radius 2 is 1.69 bits per heavy atom. The molecule has 0 atom stereocenters. The van der Waals surface area contributed by atoms with Crippen LogP contribution >= 0.6 is 0 Å². The summed E-state index contributed by atoms with van der Waals surface area (Å²) in [5.41, 5.74) is 6.34. The second-order valence-electron chi connectivity index (χ2n) is 5.71. The third-order valence-electron chi connectivity index (χ3n) is 3.95. The van der Waals surface area contributed by atoms with E-state index in [4.69, 9.17) is 0 Å². The van der Waals surface area contributed by atoms with Gasteiger partial charge in [-0.1, -0.05) is 24.3 Å². The van der Waals surface area contributed by atoms with Crippen molar-refractivity contribution in [1.82, 2.24) is 20.8 Å². The molecule has 4 aromatic rings. The topological polar surface area (TPSA) is 86.9 Å². The summed E-state index contributed by atoms with van der Waals surface area (Å²) in [6.07, 6.45) is 0. The van der Waals surface area contributed by atoms with Crippen LogP contribution in [0.2, 0.25) is 0 Å². The van der Waals surface area contributed by atoms with Crippen LogP contribution in [-0.2, 0) is 0 Å². The van der Waals surface area contributed by atoms with Crippen LogP contribution in [0, 0.1) is 5.82 Å². The van der Waals surface area contributed by atoms with Crippen LogP contribution in [0.3, 0.4) is 0 Å². The standard InChI is InChI=1S/C19H13FN4O2/c20-13-6-8-15-12(9-13)10-17(22-15)19(26)24-23-18(25)16-7-5-11-3-1-2-4-14(11)21-16/h1-10,22H,(H,23,25)(H,24,26). The molecule has 0 spiro atoms. The van der Waals surface area contributed by atoms with Gasteiger partial charge >= 0.3 is 0 Å². The van der Waals surface area contributed by atoms with E-state index in [1.807, 2.05) is 18.2 Å².